The SMILES string of the molecule is [CH2]CCC1(C)C(=O)NC(=O)C1C. The summed E-state index contributed by atoms with van der Waals surface area (Å²) in [5.74, 6) is -0.522. The first-order valence-electron chi connectivity index (χ1n) is 4.17. The van der Waals surface area contributed by atoms with Gasteiger partial charge in [0.2, 0.25) is 11.8 Å². The minimum Gasteiger partial charge on any atom is -0.296 e. The lowest BCUT2D eigenvalue weighted by molar-refractivity contribution is -0.128. The predicted octanol–water partition coefficient (Wildman–Crippen LogP) is 0.899. The van der Waals surface area contributed by atoms with Gasteiger partial charge in [-0.15, -0.1) is 0 Å². The maximum Gasteiger partial charge on any atom is 0.233 e. The number of imide groups is 1. The molecule has 0 saturated carbocycles. The van der Waals surface area contributed by atoms with E-state index in [-0.39, 0.29) is 17.7 Å². The predicted molar refractivity (Wildman–Crippen MR) is 45.0 cm³/mol. The fourth-order valence-electron chi connectivity index (χ4n) is 1.55. The quantitative estimate of drug-likeness (QED) is 0.623. The van der Waals surface area contributed by atoms with Gasteiger partial charge in [-0.05, 0) is 13.3 Å². The van der Waals surface area contributed by atoms with Crippen molar-refractivity contribution in [1.82, 2.24) is 5.32 Å². The molecule has 0 aromatic carbocycles. The topological polar surface area (TPSA) is 46.2 Å². The van der Waals surface area contributed by atoms with Crippen molar-refractivity contribution in [2.45, 2.75) is 26.7 Å². The maximum absolute atomic E-state index is 11.3. The van der Waals surface area contributed by atoms with E-state index < -0.39 is 5.41 Å². The van der Waals surface area contributed by atoms with Crippen LogP contribution in [0.4, 0.5) is 0 Å². The van der Waals surface area contributed by atoms with Crippen LogP contribution in [0.15, 0.2) is 0 Å². The Morgan fingerprint density at radius 2 is 2.17 bits per heavy atom. The van der Waals surface area contributed by atoms with Crippen LogP contribution in [0.2, 0.25) is 0 Å². The van der Waals surface area contributed by atoms with Gasteiger partial charge >= 0.3 is 0 Å². The molecule has 1 rings (SSSR count). The zero-order valence-electron chi connectivity index (χ0n) is 7.52. The minimum absolute atomic E-state index is 0.149. The molecule has 67 valence electrons. The summed E-state index contributed by atoms with van der Waals surface area (Å²) in [5.41, 5.74) is -0.529. The Morgan fingerprint density at radius 1 is 1.58 bits per heavy atom. The van der Waals surface area contributed by atoms with Crippen LogP contribution in [0.3, 0.4) is 0 Å². The van der Waals surface area contributed by atoms with Crippen LogP contribution < -0.4 is 5.32 Å². The molecule has 1 aliphatic heterocycles. The second-order valence-corrected chi connectivity index (χ2v) is 3.56. The van der Waals surface area contributed by atoms with Gasteiger partial charge in [-0.25, -0.2) is 0 Å². The van der Waals surface area contributed by atoms with Crippen molar-refractivity contribution in [1.29, 1.82) is 0 Å². The first kappa shape index (κ1) is 9.23. The average Bonchev–Trinajstić information content (AvgIpc) is 2.17. The molecule has 0 aromatic heterocycles. The van der Waals surface area contributed by atoms with E-state index in [4.69, 9.17) is 0 Å². The van der Waals surface area contributed by atoms with E-state index in [1.807, 2.05) is 6.92 Å². The highest BCUT2D eigenvalue weighted by Crippen LogP contribution is 2.36. The monoisotopic (exact) mass is 168 g/mol. The third-order valence-electron chi connectivity index (χ3n) is 2.80. The Morgan fingerprint density at radius 3 is 2.50 bits per heavy atom. The normalized spacial score (nSPS) is 35.4. The first-order valence-corrected chi connectivity index (χ1v) is 4.17. The standard InChI is InChI=1S/C9H14NO2/c1-4-5-9(3)6(2)7(11)10-8(9)12/h6H,1,4-5H2,2-3H3,(H,10,11,12). The van der Waals surface area contributed by atoms with E-state index in [1.165, 1.54) is 0 Å². The fourth-order valence-corrected chi connectivity index (χ4v) is 1.55. The third-order valence-corrected chi connectivity index (χ3v) is 2.80. The van der Waals surface area contributed by atoms with E-state index in [1.54, 1.807) is 6.92 Å². The number of hydrogen-bond acceptors (Lipinski definition) is 2. The number of rotatable bonds is 2. The molecule has 2 amide bonds. The Bertz CT molecular complexity index is 225. The molecule has 3 nitrogen and oxygen atoms in total. The molecule has 0 spiro atoms. The van der Waals surface area contributed by atoms with Crippen molar-refractivity contribution in [3.8, 4) is 0 Å². The maximum atomic E-state index is 11.3. The number of nitrogens with one attached hydrogen (secondary N) is 1. The summed E-state index contributed by atoms with van der Waals surface area (Å²) in [6.45, 7) is 7.31. The van der Waals surface area contributed by atoms with E-state index >= 15 is 0 Å². The highest BCUT2D eigenvalue weighted by atomic mass is 16.2. The summed E-state index contributed by atoms with van der Waals surface area (Å²) >= 11 is 0. The molecule has 1 saturated heterocycles. The Labute approximate surface area is 72.5 Å². The van der Waals surface area contributed by atoms with Gasteiger partial charge in [0.05, 0.1) is 5.41 Å². The molecule has 0 aliphatic carbocycles. The van der Waals surface area contributed by atoms with Gasteiger partial charge in [0.25, 0.3) is 0 Å². The van der Waals surface area contributed by atoms with Gasteiger partial charge < -0.3 is 0 Å². The van der Waals surface area contributed by atoms with Crippen molar-refractivity contribution in [2.75, 3.05) is 0 Å². The molecule has 1 radical (unpaired) electrons. The van der Waals surface area contributed by atoms with Crippen LogP contribution in [-0.2, 0) is 9.59 Å². The van der Waals surface area contributed by atoms with Crippen LogP contribution in [0, 0.1) is 18.3 Å². The average molecular weight is 168 g/mol. The van der Waals surface area contributed by atoms with E-state index in [2.05, 4.69) is 12.2 Å². The number of hydrogen-bond donors (Lipinski definition) is 1. The zero-order valence-corrected chi connectivity index (χ0v) is 7.52. The summed E-state index contributed by atoms with van der Waals surface area (Å²) in [6, 6.07) is 0. The molecule has 2 unspecified atom stereocenters. The van der Waals surface area contributed by atoms with Gasteiger partial charge in [0.15, 0.2) is 0 Å². The number of carbonyl (C=O) groups excluding carboxylic acids is 2. The van der Waals surface area contributed by atoms with Crippen molar-refractivity contribution in [3.05, 3.63) is 6.92 Å². The summed E-state index contributed by atoms with van der Waals surface area (Å²) in [4.78, 5) is 22.5. The summed E-state index contributed by atoms with van der Waals surface area (Å²) < 4.78 is 0. The van der Waals surface area contributed by atoms with Gasteiger partial charge in [0, 0.05) is 5.92 Å². The molecule has 1 N–H and O–H groups in total. The Hall–Kier alpha value is -0.860. The number of carbonyl (C=O) groups is 2. The summed E-state index contributed by atoms with van der Waals surface area (Å²) in [7, 11) is 0. The van der Waals surface area contributed by atoms with Gasteiger partial charge in [-0.3, -0.25) is 14.9 Å². The minimum atomic E-state index is -0.529. The van der Waals surface area contributed by atoms with Crippen molar-refractivity contribution < 1.29 is 9.59 Å². The van der Waals surface area contributed by atoms with Crippen LogP contribution in [0.25, 0.3) is 0 Å². The molecule has 1 fully saturated rings. The lowest BCUT2D eigenvalue weighted by Gasteiger charge is -2.23. The molecule has 2 atom stereocenters. The van der Waals surface area contributed by atoms with E-state index in [9.17, 15) is 9.59 Å². The molecular formula is C9H14NO2. The molecule has 0 aromatic rings. The molecule has 0 bridgehead atoms. The fraction of sp³-hybridized carbons (Fsp3) is 0.667. The highest BCUT2D eigenvalue weighted by molar-refractivity contribution is 6.06. The second kappa shape index (κ2) is 2.88. The second-order valence-electron chi connectivity index (χ2n) is 3.56. The molecule has 1 heterocycles. The highest BCUT2D eigenvalue weighted by Gasteiger charge is 2.48. The van der Waals surface area contributed by atoms with Crippen LogP contribution in [0.5, 0.6) is 0 Å². The van der Waals surface area contributed by atoms with Crippen LogP contribution in [0.1, 0.15) is 26.7 Å². The smallest absolute Gasteiger partial charge is 0.233 e. The molecular weight excluding hydrogens is 154 g/mol. The Balaban J connectivity index is 2.87. The Kier molecular flexibility index (Phi) is 2.22. The number of amides is 2. The zero-order chi connectivity index (χ0) is 9.35. The van der Waals surface area contributed by atoms with Crippen LogP contribution >= 0.6 is 0 Å². The van der Waals surface area contributed by atoms with Crippen molar-refractivity contribution >= 4 is 11.8 Å². The summed E-state index contributed by atoms with van der Waals surface area (Å²) in [5, 5.41) is 2.34. The lowest BCUT2D eigenvalue weighted by atomic mass is 9.76. The van der Waals surface area contributed by atoms with Gasteiger partial charge in [-0.2, -0.15) is 0 Å². The largest absolute Gasteiger partial charge is 0.296 e. The molecule has 1 aliphatic rings. The lowest BCUT2D eigenvalue weighted by Crippen LogP contribution is -2.30. The molecule has 3 heteroatoms. The third kappa shape index (κ3) is 1.13. The first-order chi connectivity index (χ1) is 5.52. The molecule has 12 heavy (non-hydrogen) atoms. The van der Waals surface area contributed by atoms with Gasteiger partial charge in [0.1, 0.15) is 0 Å². The van der Waals surface area contributed by atoms with Crippen molar-refractivity contribution in [3.63, 3.8) is 0 Å². The van der Waals surface area contributed by atoms with E-state index in [0.29, 0.717) is 12.8 Å². The van der Waals surface area contributed by atoms with Gasteiger partial charge in [-0.1, -0.05) is 20.3 Å². The van der Waals surface area contributed by atoms with Crippen LogP contribution in [-0.4, -0.2) is 11.8 Å². The van der Waals surface area contributed by atoms with Crippen molar-refractivity contribution in [2.24, 2.45) is 11.3 Å². The summed E-state index contributed by atoms with van der Waals surface area (Å²) in [6.07, 6.45) is 1.35. The van der Waals surface area contributed by atoms with E-state index in [0.717, 1.165) is 0 Å².